The summed E-state index contributed by atoms with van der Waals surface area (Å²) in [4.78, 5) is 19.3. The van der Waals surface area contributed by atoms with Gasteiger partial charge in [-0.15, -0.1) is 0 Å². The Morgan fingerprint density at radius 3 is 2.96 bits per heavy atom. The van der Waals surface area contributed by atoms with Crippen molar-refractivity contribution in [3.05, 3.63) is 77.6 Å². The van der Waals surface area contributed by atoms with E-state index in [0.717, 1.165) is 23.1 Å². The molecule has 25 heavy (non-hydrogen) atoms. The molecular formula is C18H11F2N3O2. The third kappa shape index (κ3) is 2.87. The topological polar surface area (TPSA) is 67.0 Å². The van der Waals surface area contributed by atoms with Crippen LogP contribution in [0.4, 0.5) is 14.5 Å². The molecule has 0 radical (unpaired) electrons. The van der Waals surface area contributed by atoms with E-state index >= 15 is 0 Å². The highest BCUT2D eigenvalue weighted by Gasteiger charge is 2.22. The van der Waals surface area contributed by atoms with Gasteiger partial charge in [0.25, 0.3) is 0 Å². The van der Waals surface area contributed by atoms with E-state index in [1.54, 1.807) is 24.5 Å². The van der Waals surface area contributed by atoms with Crippen molar-refractivity contribution in [2.24, 2.45) is 0 Å². The molecule has 7 heteroatoms. The molecule has 0 aliphatic carbocycles. The molecule has 4 rings (SSSR count). The minimum absolute atomic E-state index is 0.0120. The molecule has 0 amide bonds. The van der Waals surface area contributed by atoms with Crippen LogP contribution in [0.15, 0.2) is 60.4 Å². The third-order valence-corrected chi connectivity index (χ3v) is 3.68. The van der Waals surface area contributed by atoms with Crippen molar-refractivity contribution >= 4 is 28.6 Å². The molecule has 3 aromatic rings. The summed E-state index contributed by atoms with van der Waals surface area (Å²) in [5, 5.41) is 3.47. The zero-order valence-corrected chi connectivity index (χ0v) is 12.7. The van der Waals surface area contributed by atoms with Gasteiger partial charge in [0.15, 0.2) is 5.76 Å². The quantitative estimate of drug-likeness (QED) is 0.714. The van der Waals surface area contributed by atoms with Crippen molar-refractivity contribution in [3.63, 3.8) is 0 Å². The summed E-state index contributed by atoms with van der Waals surface area (Å²) >= 11 is 0. The highest BCUT2D eigenvalue weighted by molar-refractivity contribution is 6.09. The zero-order valence-electron chi connectivity index (χ0n) is 12.7. The molecule has 0 atom stereocenters. The Hall–Kier alpha value is -3.48. The molecule has 2 N–H and O–H groups in total. The number of aromatic amines is 1. The number of hydrogen-bond donors (Lipinski definition) is 2. The number of benzene rings is 1. The van der Waals surface area contributed by atoms with E-state index in [1.807, 2.05) is 6.07 Å². The number of nitrogens with one attached hydrogen (secondary N) is 2. The molecule has 0 fully saturated rings. The van der Waals surface area contributed by atoms with Crippen molar-refractivity contribution < 1.29 is 18.3 Å². The van der Waals surface area contributed by atoms with Gasteiger partial charge in [0.1, 0.15) is 17.3 Å². The lowest BCUT2D eigenvalue weighted by Gasteiger charge is -2.08. The van der Waals surface area contributed by atoms with Crippen molar-refractivity contribution in [2.75, 3.05) is 5.32 Å². The average molecular weight is 339 g/mol. The highest BCUT2D eigenvalue weighted by Crippen LogP contribution is 2.26. The Morgan fingerprint density at radius 2 is 2.12 bits per heavy atom. The lowest BCUT2D eigenvalue weighted by molar-refractivity contribution is -0.112. The Labute approximate surface area is 140 Å². The van der Waals surface area contributed by atoms with Crippen molar-refractivity contribution in [2.45, 2.75) is 0 Å². The Morgan fingerprint density at radius 1 is 1.24 bits per heavy atom. The number of ketones is 1. The van der Waals surface area contributed by atoms with Gasteiger partial charge in [-0.1, -0.05) is 0 Å². The number of carbonyl (C=O) groups excluding carboxylic acids is 1. The average Bonchev–Trinajstić information content (AvgIpc) is 3.15. The fourth-order valence-corrected chi connectivity index (χ4v) is 2.51. The maximum absolute atomic E-state index is 13.7. The van der Waals surface area contributed by atoms with Gasteiger partial charge in [-0.3, -0.25) is 4.79 Å². The van der Waals surface area contributed by atoms with Gasteiger partial charge in [0, 0.05) is 29.4 Å². The fraction of sp³-hybridized carbons (Fsp3) is 0. The predicted molar refractivity (Wildman–Crippen MR) is 88.2 cm³/mol. The number of carbonyl (C=O) groups is 1. The summed E-state index contributed by atoms with van der Waals surface area (Å²) in [7, 11) is 0. The number of H-pyrrole nitrogens is 1. The van der Waals surface area contributed by atoms with Gasteiger partial charge in [0.2, 0.25) is 11.7 Å². The summed E-state index contributed by atoms with van der Waals surface area (Å²) in [5.41, 5.74) is 1.45. The second-order valence-corrected chi connectivity index (χ2v) is 5.38. The molecule has 1 aromatic carbocycles. The van der Waals surface area contributed by atoms with Crippen LogP contribution in [0.5, 0.6) is 0 Å². The van der Waals surface area contributed by atoms with Gasteiger partial charge in [0.05, 0.1) is 11.8 Å². The number of rotatable bonds is 3. The van der Waals surface area contributed by atoms with E-state index in [-0.39, 0.29) is 23.1 Å². The summed E-state index contributed by atoms with van der Waals surface area (Å²) < 4.78 is 32.1. The molecule has 1 aliphatic rings. The third-order valence-electron chi connectivity index (χ3n) is 3.68. The van der Waals surface area contributed by atoms with Gasteiger partial charge in [-0.05, 0) is 30.3 Å². The smallest absolute Gasteiger partial charge is 0.226 e. The lowest BCUT2D eigenvalue weighted by Crippen LogP contribution is -2.01. The van der Waals surface area contributed by atoms with Crippen LogP contribution in [0.25, 0.3) is 17.1 Å². The minimum atomic E-state index is -0.780. The number of pyridine rings is 1. The Kier molecular flexibility index (Phi) is 3.53. The standard InChI is InChI=1S/C18H11F2N3O2/c19-11-3-4-14(13(20)7-11)23-17-8-15(24)16(25-17)6-10-9-22-18-12(10)2-1-5-21-18/h1-9,23H,(H,21,22). The van der Waals surface area contributed by atoms with Crippen molar-refractivity contribution in [1.82, 2.24) is 9.97 Å². The number of aromatic nitrogens is 2. The molecule has 0 bridgehead atoms. The minimum Gasteiger partial charge on any atom is -0.437 e. The number of allylic oxidation sites excluding steroid dienone is 1. The first-order valence-corrected chi connectivity index (χ1v) is 7.40. The number of nitrogens with zero attached hydrogens (tertiary/aromatic N) is 1. The maximum Gasteiger partial charge on any atom is 0.226 e. The number of ether oxygens (including phenoxy) is 1. The van der Waals surface area contributed by atoms with Crippen molar-refractivity contribution in [3.8, 4) is 0 Å². The highest BCUT2D eigenvalue weighted by atomic mass is 19.1. The van der Waals surface area contributed by atoms with Crippen LogP contribution in [0.1, 0.15) is 5.56 Å². The molecule has 1 aliphatic heterocycles. The van der Waals surface area contributed by atoms with E-state index in [9.17, 15) is 13.6 Å². The fourth-order valence-electron chi connectivity index (χ4n) is 2.51. The predicted octanol–water partition coefficient (Wildman–Crippen LogP) is 3.73. The molecule has 0 saturated carbocycles. The first-order chi connectivity index (χ1) is 12.1. The van der Waals surface area contributed by atoms with Crippen LogP contribution in [0, 0.1) is 11.6 Å². The van der Waals surface area contributed by atoms with E-state index in [4.69, 9.17) is 4.74 Å². The Balaban J connectivity index is 1.58. The second-order valence-electron chi connectivity index (χ2n) is 5.38. The molecule has 0 saturated heterocycles. The number of hydrogen-bond acceptors (Lipinski definition) is 4. The number of halogens is 2. The monoisotopic (exact) mass is 339 g/mol. The maximum atomic E-state index is 13.7. The summed E-state index contributed by atoms with van der Waals surface area (Å²) in [6.45, 7) is 0. The number of fused-ring (bicyclic) bond motifs is 1. The molecule has 2 aromatic heterocycles. The lowest BCUT2D eigenvalue weighted by atomic mass is 10.2. The van der Waals surface area contributed by atoms with Gasteiger partial charge in [-0.2, -0.15) is 0 Å². The molecule has 5 nitrogen and oxygen atoms in total. The van der Waals surface area contributed by atoms with E-state index in [0.29, 0.717) is 5.65 Å². The van der Waals surface area contributed by atoms with Crippen LogP contribution in [0.2, 0.25) is 0 Å². The summed E-state index contributed by atoms with van der Waals surface area (Å²) in [5.74, 6) is -1.66. The van der Waals surface area contributed by atoms with Crippen LogP contribution < -0.4 is 5.32 Å². The summed E-state index contributed by atoms with van der Waals surface area (Å²) in [6, 6.07) is 6.74. The van der Waals surface area contributed by atoms with Crippen LogP contribution in [0.3, 0.4) is 0 Å². The SMILES string of the molecule is O=C1C=C(Nc2ccc(F)cc2F)OC1=Cc1c[nH]c2ncccc12. The van der Waals surface area contributed by atoms with Crippen LogP contribution >= 0.6 is 0 Å². The summed E-state index contributed by atoms with van der Waals surface area (Å²) in [6.07, 6.45) is 6.16. The Bertz CT molecular complexity index is 1050. The van der Waals surface area contributed by atoms with Crippen molar-refractivity contribution in [1.29, 1.82) is 0 Å². The van der Waals surface area contributed by atoms with E-state index in [1.165, 1.54) is 12.1 Å². The molecular weight excluding hydrogens is 328 g/mol. The van der Waals surface area contributed by atoms with E-state index in [2.05, 4.69) is 15.3 Å². The largest absolute Gasteiger partial charge is 0.437 e. The molecule has 0 spiro atoms. The molecule has 0 unspecified atom stereocenters. The van der Waals surface area contributed by atoms with Crippen LogP contribution in [-0.4, -0.2) is 15.8 Å². The molecule has 3 heterocycles. The second kappa shape index (κ2) is 5.86. The first-order valence-electron chi connectivity index (χ1n) is 7.40. The number of anilines is 1. The van der Waals surface area contributed by atoms with Gasteiger partial charge in [-0.25, -0.2) is 13.8 Å². The van der Waals surface area contributed by atoms with Gasteiger partial charge >= 0.3 is 0 Å². The first kappa shape index (κ1) is 15.1. The van der Waals surface area contributed by atoms with Gasteiger partial charge < -0.3 is 15.0 Å². The zero-order chi connectivity index (χ0) is 17.4. The normalized spacial score (nSPS) is 15.5. The van der Waals surface area contributed by atoms with Crippen LogP contribution in [-0.2, 0) is 9.53 Å². The van der Waals surface area contributed by atoms with E-state index < -0.39 is 11.6 Å². The molecule has 124 valence electrons.